The lowest BCUT2D eigenvalue weighted by atomic mass is 10.0. The summed E-state index contributed by atoms with van der Waals surface area (Å²) in [6.07, 6.45) is 4.17. The van der Waals surface area contributed by atoms with E-state index in [1.807, 2.05) is 42.6 Å². The highest BCUT2D eigenvalue weighted by atomic mass is 16.5. The van der Waals surface area contributed by atoms with Gasteiger partial charge >= 0.3 is 0 Å². The molecule has 25 heavy (non-hydrogen) atoms. The van der Waals surface area contributed by atoms with Crippen molar-refractivity contribution in [2.75, 3.05) is 49.6 Å². The summed E-state index contributed by atoms with van der Waals surface area (Å²) in [5.41, 5.74) is 1.04. The smallest absolute Gasteiger partial charge is 0.227 e. The highest BCUT2D eigenvalue weighted by Gasteiger charge is 2.26. The second kappa shape index (κ2) is 7.80. The van der Waals surface area contributed by atoms with Crippen molar-refractivity contribution in [2.45, 2.75) is 18.9 Å². The fourth-order valence-electron chi connectivity index (χ4n) is 3.61. The van der Waals surface area contributed by atoms with Crippen molar-refractivity contribution in [1.29, 1.82) is 0 Å². The molecule has 0 aliphatic carbocycles. The number of rotatable bonds is 4. The van der Waals surface area contributed by atoms with Crippen LogP contribution in [-0.4, -0.2) is 60.3 Å². The quantitative estimate of drug-likeness (QED) is 0.924. The zero-order chi connectivity index (χ0) is 16.9. The van der Waals surface area contributed by atoms with E-state index >= 15 is 0 Å². The summed E-state index contributed by atoms with van der Waals surface area (Å²) in [4.78, 5) is 14.1. The van der Waals surface area contributed by atoms with E-state index in [-0.39, 0.29) is 0 Å². The maximum Gasteiger partial charge on any atom is 0.227 e. The normalized spacial score (nSPS) is 19.8. The molecule has 1 N–H and O–H groups in total. The summed E-state index contributed by atoms with van der Waals surface area (Å²) in [6, 6.07) is 12.7. The van der Waals surface area contributed by atoms with Crippen LogP contribution in [0, 0.1) is 0 Å². The molecule has 2 aliphatic rings. The molecule has 0 atom stereocenters. The van der Waals surface area contributed by atoms with E-state index in [1.54, 1.807) is 0 Å². The maximum absolute atomic E-state index is 5.46. The molecule has 2 saturated heterocycles. The van der Waals surface area contributed by atoms with Gasteiger partial charge in [-0.15, -0.1) is 0 Å². The fourth-order valence-corrected chi connectivity index (χ4v) is 3.61. The standard InChI is InChI=1S/C19H25N5O/c1-2-4-16(5-3-1)21-18-6-9-20-19(22-18)24-10-7-17(8-11-24)23-12-14-25-15-13-23/h1-6,9,17H,7-8,10-15H2,(H,20,21,22). The third-order valence-corrected chi connectivity index (χ3v) is 5.00. The van der Waals surface area contributed by atoms with Crippen LogP contribution >= 0.6 is 0 Å². The van der Waals surface area contributed by atoms with Gasteiger partial charge < -0.3 is 15.0 Å². The van der Waals surface area contributed by atoms with Gasteiger partial charge in [0.2, 0.25) is 5.95 Å². The molecule has 2 aromatic rings. The Morgan fingerprint density at radius 3 is 2.48 bits per heavy atom. The second-order valence-electron chi connectivity index (χ2n) is 6.60. The first kappa shape index (κ1) is 16.3. The largest absolute Gasteiger partial charge is 0.379 e. The molecule has 6 heteroatoms. The minimum Gasteiger partial charge on any atom is -0.379 e. The van der Waals surface area contributed by atoms with Crippen molar-refractivity contribution in [2.24, 2.45) is 0 Å². The Morgan fingerprint density at radius 1 is 0.960 bits per heavy atom. The van der Waals surface area contributed by atoms with Crippen LogP contribution in [0.15, 0.2) is 42.6 Å². The van der Waals surface area contributed by atoms with E-state index in [2.05, 4.69) is 20.1 Å². The molecule has 6 nitrogen and oxygen atoms in total. The lowest BCUT2D eigenvalue weighted by molar-refractivity contribution is 0.0114. The number of hydrogen-bond donors (Lipinski definition) is 1. The van der Waals surface area contributed by atoms with Crippen LogP contribution in [0.4, 0.5) is 17.5 Å². The lowest BCUT2D eigenvalue weighted by Crippen LogP contribution is -2.49. The summed E-state index contributed by atoms with van der Waals surface area (Å²) < 4.78 is 5.46. The Bertz CT molecular complexity index is 667. The zero-order valence-electron chi connectivity index (χ0n) is 14.5. The van der Waals surface area contributed by atoms with Crippen molar-refractivity contribution in [1.82, 2.24) is 14.9 Å². The van der Waals surface area contributed by atoms with Gasteiger partial charge in [-0.05, 0) is 31.0 Å². The molecule has 132 valence electrons. The molecule has 0 bridgehead atoms. The molecule has 4 rings (SSSR count). The van der Waals surface area contributed by atoms with E-state index in [9.17, 15) is 0 Å². The van der Waals surface area contributed by atoms with Gasteiger partial charge in [0.1, 0.15) is 5.82 Å². The van der Waals surface area contributed by atoms with Gasteiger partial charge in [-0.1, -0.05) is 18.2 Å². The highest BCUT2D eigenvalue weighted by molar-refractivity contribution is 5.56. The third kappa shape index (κ3) is 4.08. The molecular formula is C19H25N5O. The van der Waals surface area contributed by atoms with E-state index in [0.717, 1.165) is 56.8 Å². The van der Waals surface area contributed by atoms with Crippen LogP contribution in [0.5, 0.6) is 0 Å². The maximum atomic E-state index is 5.46. The van der Waals surface area contributed by atoms with E-state index in [0.29, 0.717) is 6.04 Å². The van der Waals surface area contributed by atoms with Gasteiger partial charge in [-0.3, -0.25) is 4.90 Å². The van der Waals surface area contributed by atoms with Crippen LogP contribution in [0.25, 0.3) is 0 Å². The van der Waals surface area contributed by atoms with Crippen LogP contribution in [-0.2, 0) is 4.74 Å². The summed E-state index contributed by atoms with van der Waals surface area (Å²) in [5.74, 6) is 1.66. The molecular weight excluding hydrogens is 314 g/mol. The van der Waals surface area contributed by atoms with Crippen molar-refractivity contribution in [3.8, 4) is 0 Å². The molecule has 2 aliphatic heterocycles. The molecule has 1 aromatic carbocycles. The van der Waals surface area contributed by atoms with E-state index < -0.39 is 0 Å². The summed E-state index contributed by atoms with van der Waals surface area (Å²) >= 11 is 0. The van der Waals surface area contributed by atoms with Gasteiger partial charge in [0.15, 0.2) is 0 Å². The first-order valence-electron chi connectivity index (χ1n) is 9.10. The Morgan fingerprint density at radius 2 is 1.72 bits per heavy atom. The molecule has 2 fully saturated rings. The van der Waals surface area contributed by atoms with Crippen LogP contribution < -0.4 is 10.2 Å². The van der Waals surface area contributed by atoms with Crippen molar-refractivity contribution >= 4 is 17.5 Å². The van der Waals surface area contributed by atoms with Crippen LogP contribution in [0.3, 0.4) is 0 Å². The zero-order valence-corrected chi connectivity index (χ0v) is 14.5. The van der Waals surface area contributed by atoms with Crippen LogP contribution in [0.1, 0.15) is 12.8 Å². The van der Waals surface area contributed by atoms with Gasteiger partial charge in [0.05, 0.1) is 13.2 Å². The monoisotopic (exact) mass is 339 g/mol. The third-order valence-electron chi connectivity index (χ3n) is 5.00. The first-order chi connectivity index (χ1) is 12.4. The predicted octanol–water partition coefficient (Wildman–Crippen LogP) is 2.52. The van der Waals surface area contributed by atoms with Crippen molar-refractivity contribution < 1.29 is 4.74 Å². The fraction of sp³-hybridized carbons (Fsp3) is 0.474. The number of benzene rings is 1. The minimum atomic E-state index is 0.672. The van der Waals surface area contributed by atoms with Gasteiger partial charge in [-0.25, -0.2) is 4.98 Å². The Hall–Kier alpha value is -2.18. The molecule has 0 amide bonds. The SMILES string of the molecule is c1ccc(Nc2ccnc(N3CCC(N4CCOCC4)CC3)n2)cc1. The summed E-state index contributed by atoms with van der Waals surface area (Å²) in [5, 5.41) is 3.34. The van der Waals surface area contributed by atoms with Gasteiger partial charge in [0.25, 0.3) is 0 Å². The number of nitrogens with one attached hydrogen (secondary N) is 1. The molecule has 0 unspecified atom stereocenters. The Kier molecular flexibility index (Phi) is 5.09. The van der Waals surface area contributed by atoms with Gasteiger partial charge in [-0.2, -0.15) is 4.98 Å². The second-order valence-corrected chi connectivity index (χ2v) is 6.60. The number of para-hydroxylation sites is 1. The molecule has 0 spiro atoms. The molecule has 0 saturated carbocycles. The topological polar surface area (TPSA) is 53.5 Å². The summed E-state index contributed by atoms with van der Waals surface area (Å²) in [6.45, 7) is 5.90. The number of hydrogen-bond acceptors (Lipinski definition) is 6. The Balaban J connectivity index is 1.37. The van der Waals surface area contributed by atoms with Gasteiger partial charge in [0, 0.05) is 44.1 Å². The first-order valence-corrected chi connectivity index (χ1v) is 9.10. The minimum absolute atomic E-state index is 0.672. The number of piperidine rings is 1. The molecule has 0 radical (unpaired) electrons. The highest BCUT2D eigenvalue weighted by Crippen LogP contribution is 2.22. The number of nitrogens with zero attached hydrogens (tertiary/aromatic N) is 4. The number of aromatic nitrogens is 2. The molecule has 3 heterocycles. The number of anilines is 3. The van der Waals surface area contributed by atoms with Crippen molar-refractivity contribution in [3.63, 3.8) is 0 Å². The van der Waals surface area contributed by atoms with E-state index in [4.69, 9.17) is 9.72 Å². The van der Waals surface area contributed by atoms with Crippen LogP contribution in [0.2, 0.25) is 0 Å². The Labute approximate surface area is 148 Å². The average molecular weight is 339 g/mol. The van der Waals surface area contributed by atoms with E-state index in [1.165, 1.54) is 12.8 Å². The molecule has 1 aromatic heterocycles. The average Bonchev–Trinajstić information content (AvgIpc) is 2.70. The predicted molar refractivity (Wildman–Crippen MR) is 99.4 cm³/mol. The lowest BCUT2D eigenvalue weighted by Gasteiger charge is -2.40. The van der Waals surface area contributed by atoms with Crippen molar-refractivity contribution in [3.05, 3.63) is 42.6 Å². The summed E-state index contributed by atoms with van der Waals surface area (Å²) in [7, 11) is 0. The number of morpholine rings is 1. The number of ether oxygens (including phenoxy) is 1.